The van der Waals surface area contributed by atoms with E-state index >= 15 is 0 Å². The predicted molar refractivity (Wildman–Crippen MR) is 99.5 cm³/mol. The van der Waals surface area contributed by atoms with Crippen LogP contribution in [-0.4, -0.2) is 48.3 Å². The molecule has 0 saturated carbocycles. The van der Waals surface area contributed by atoms with Gasteiger partial charge in [-0.1, -0.05) is 41.9 Å². The third kappa shape index (κ3) is 2.93. The second kappa shape index (κ2) is 6.85. The van der Waals surface area contributed by atoms with E-state index in [1.165, 1.54) is 11.2 Å². The Balaban J connectivity index is 1.77. The number of carboxylic acid groups (broad SMARTS) is 1. The van der Waals surface area contributed by atoms with Crippen LogP contribution in [0.25, 0.3) is 5.52 Å². The molecule has 0 radical (unpaired) electrons. The molecule has 1 saturated heterocycles. The van der Waals surface area contributed by atoms with E-state index in [0.29, 0.717) is 40.5 Å². The molecule has 1 unspecified atom stereocenters. The quantitative estimate of drug-likeness (QED) is 0.678. The van der Waals surface area contributed by atoms with Crippen LogP contribution in [0.2, 0.25) is 5.15 Å². The Morgan fingerprint density at radius 3 is 2.85 bits per heavy atom. The Hall–Kier alpha value is -2.19. The van der Waals surface area contributed by atoms with Crippen molar-refractivity contribution in [2.24, 2.45) is 0 Å². The molecule has 1 N–H and O–H groups in total. The molecule has 3 aromatic rings. The van der Waals surface area contributed by atoms with Gasteiger partial charge in [0, 0.05) is 18.5 Å². The van der Waals surface area contributed by atoms with Gasteiger partial charge in [0.05, 0.1) is 0 Å². The lowest BCUT2D eigenvalue weighted by molar-refractivity contribution is 0.138. The molecule has 4 rings (SSSR count). The van der Waals surface area contributed by atoms with Crippen LogP contribution in [0.3, 0.4) is 0 Å². The number of hydrogen-bond acceptors (Lipinski definition) is 4. The first-order valence-corrected chi connectivity index (χ1v) is 9.31. The largest absolute Gasteiger partial charge is 0.465 e. The van der Waals surface area contributed by atoms with E-state index in [-0.39, 0.29) is 12.0 Å². The molecule has 0 aliphatic carbocycles. The highest BCUT2D eigenvalue weighted by Gasteiger charge is 2.40. The van der Waals surface area contributed by atoms with Gasteiger partial charge in [0.25, 0.3) is 0 Å². The number of halogens is 2. The maximum absolute atomic E-state index is 11.7. The molecule has 26 heavy (non-hydrogen) atoms. The van der Waals surface area contributed by atoms with E-state index < -0.39 is 6.09 Å². The van der Waals surface area contributed by atoms with Crippen molar-refractivity contribution < 1.29 is 9.90 Å². The van der Waals surface area contributed by atoms with Crippen LogP contribution in [0.1, 0.15) is 23.7 Å². The normalized spacial score (nSPS) is 20.0. The van der Waals surface area contributed by atoms with Crippen LogP contribution >= 0.6 is 27.5 Å². The van der Waals surface area contributed by atoms with Gasteiger partial charge in [-0.15, -0.1) is 0 Å². The summed E-state index contributed by atoms with van der Waals surface area (Å²) in [6.45, 7) is 0.461. The lowest BCUT2D eigenvalue weighted by Gasteiger charge is -2.25. The lowest BCUT2D eigenvalue weighted by Crippen LogP contribution is -2.38. The number of hydrogen-bond donors (Lipinski definition) is 1. The maximum Gasteiger partial charge on any atom is 0.407 e. The predicted octanol–water partition coefficient (Wildman–Crippen LogP) is 3.62. The Kier molecular flexibility index (Phi) is 4.54. The number of amides is 1. The van der Waals surface area contributed by atoms with Crippen molar-refractivity contribution in [1.82, 2.24) is 24.5 Å². The monoisotopic (exact) mass is 435 g/mol. The van der Waals surface area contributed by atoms with Gasteiger partial charge in [0.1, 0.15) is 22.3 Å². The van der Waals surface area contributed by atoms with Crippen LogP contribution in [-0.2, 0) is 6.42 Å². The van der Waals surface area contributed by atoms with Gasteiger partial charge in [0.15, 0.2) is 5.15 Å². The molecule has 2 atom stereocenters. The molecule has 9 heteroatoms. The first-order valence-electron chi connectivity index (χ1n) is 8.14. The standard InChI is InChI=1S/C17H15BrClN5O2/c18-14-13-15(19)20-9-21-24(13)16(22-14)11-6-7-23(17(25)26)12(11)8-10-4-2-1-3-5-10/h1-5,9,11-12H,6-8H2,(H,25,26)/t11?,12-/m0/s1. The zero-order chi connectivity index (χ0) is 18.3. The number of carbonyl (C=O) groups is 1. The molecular formula is C17H15BrClN5O2. The zero-order valence-corrected chi connectivity index (χ0v) is 15.9. The molecule has 0 spiro atoms. The Morgan fingerprint density at radius 1 is 1.35 bits per heavy atom. The van der Waals surface area contributed by atoms with E-state index in [2.05, 4.69) is 31.0 Å². The number of aromatic nitrogens is 4. The fourth-order valence-corrected chi connectivity index (χ4v) is 4.49. The molecule has 1 amide bonds. The molecule has 0 bridgehead atoms. The lowest BCUT2D eigenvalue weighted by atomic mass is 9.93. The summed E-state index contributed by atoms with van der Waals surface area (Å²) in [6.07, 6.45) is 1.75. The van der Waals surface area contributed by atoms with Crippen LogP contribution < -0.4 is 0 Å². The minimum absolute atomic E-state index is 0.0870. The van der Waals surface area contributed by atoms with Gasteiger partial charge < -0.3 is 10.0 Å². The van der Waals surface area contributed by atoms with Crippen LogP contribution in [0.4, 0.5) is 4.79 Å². The summed E-state index contributed by atoms with van der Waals surface area (Å²) < 4.78 is 2.22. The van der Waals surface area contributed by atoms with Gasteiger partial charge in [-0.05, 0) is 34.3 Å². The third-order valence-electron chi connectivity index (χ3n) is 4.78. The number of nitrogens with zero attached hydrogens (tertiary/aromatic N) is 5. The average molecular weight is 437 g/mol. The Bertz CT molecular complexity index is 964. The first kappa shape index (κ1) is 17.2. The molecule has 2 aromatic heterocycles. The molecule has 1 aromatic carbocycles. The Labute approximate surface area is 162 Å². The van der Waals surface area contributed by atoms with Crippen molar-refractivity contribution in [3.05, 3.63) is 57.8 Å². The van der Waals surface area contributed by atoms with Crippen LogP contribution in [0, 0.1) is 0 Å². The average Bonchev–Trinajstić information content (AvgIpc) is 3.18. The van der Waals surface area contributed by atoms with Crippen molar-refractivity contribution in [1.29, 1.82) is 0 Å². The van der Waals surface area contributed by atoms with E-state index in [4.69, 9.17) is 11.6 Å². The number of imidazole rings is 1. The summed E-state index contributed by atoms with van der Waals surface area (Å²) in [5, 5.41) is 14.2. The molecule has 1 fully saturated rings. The first-order chi connectivity index (χ1) is 12.6. The van der Waals surface area contributed by atoms with Gasteiger partial charge in [-0.3, -0.25) is 0 Å². The third-order valence-corrected chi connectivity index (χ3v) is 5.61. The minimum atomic E-state index is -0.916. The number of benzene rings is 1. The van der Waals surface area contributed by atoms with E-state index in [1.54, 1.807) is 4.52 Å². The topological polar surface area (TPSA) is 83.6 Å². The van der Waals surface area contributed by atoms with Crippen LogP contribution in [0.5, 0.6) is 0 Å². The fraction of sp³-hybridized carbons (Fsp3) is 0.294. The van der Waals surface area contributed by atoms with Crippen molar-refractivity contribution in [3.63, 3.8) is 0 Å². The number of fused-ring (bicyclic) bond motifs is 1. The summed E-state index contributed by atoms with van der Waals surface area (Å²) in [6, 6.07) is 9.66. The van der Waals surface area contributed by atoms with E-state index in [0.717, 1.165) is 5.56 Å². The highest BCUT2D eigenvalue weighted by molar-refractivity contribution is 9.10. The highest BCUT2D eigenvalue weighted by atomic mass is 79.9. The van der Waals surface area contributed by atoms with Crippen molar-refractivity contribution >= 4 is 39.1 Å². The van der Waals surface area contributed by atoms with Gasteiger partial charge in [0.2, 0.25) is 0 Å². The number of rotatable bonds is 3. The summed E-state index contributed by atoms with van der Waals surface area (Å²) in [5.41, 5.74) is 1.68. The van der Waals surface area contributed by atoms with E-state index in [1.807, 2.05) is 30.3 Å². The SMILES string of the molecule is O=C(O)N1CCC(c2nc(Br)c3c(Cl)ncnn23)[C@@H]1Cc1ccccc1. The molecule has 1 aliphatic heterocycles. The Morgan fingerprint density at radius 2 is 2.12 bits per heavy atom. The number of likely N-dealkylation sites (tertiary alicyclic amines) is 1. The fourth-order valence-electron chi connectivity index (χ4n) is 3.62. The smallest absolute Gasteiger partial charge is 0.407 e. The van der Waals surface area contributed by atoms with Gasteiger partial charge in [-0.25, -0.2) is 19.3 Å². The molecular weight excluding hydrogens is 422 g/mol. The second-order valence-corrected chi connectivity index (χ2v) is 7.31. The highest BCUT2D eigenvalue weighted by Crippen LogP contribution is 2.37. The van der Waals surface area contributed by atoms with Gasteiger partial charge in [-0.2, -0.15) is 5.10 Å². The summed E-state index contributed by atoms with van der Waals surface area (Å²) in [4.78, 5) is 21.8. The van der Waals surface area contributed by atoms with Crippen molar-refractivity contribution in [2.45, 2.75) is 24.8 Å². The molecule has 7 nitrogen and oxygen atoms in total. The van der Waals surface area contributed by atoms with E-state index in [9.17, 15) is 9.90 Å². The summed E-state index contributed by atoms with van der Waals surface area (Å²) >= 11 is 9.60. The second-order valence-electron chi connectivity index (χ2n) is 6.20. The summed E-state index contributed by atoms with van der Waals surface area (Å²) in [7, 11) is 0. The summed E-state index contributed by atoms with van der Waals surface area (Å²) in [5.74, 6) is 0.608. The van der Waals surface area contributed by atoms with Crippen molar-refractivity contribution in [3.8, 4) is 0 Å². The van der Waals surface area contributed by atoms with Gasteiger partial charge >= 0.3 is 6.09 Å². The van der Waals surface area contributed by atoms with Crippen LogP contribution in [0.15, 0.2) is 41.3 Å². The maximum atomic E-state index is 11.7. The molecule has 3 heterocycles. The minimum Gasteiger partial charge on any atom is -0.465 e. The molecule has 134 valence electrons. The van der Waals surface area contributed by atoms with Crippen molar-refractivity contribution in [2.75, 3.05) is 6.54 Å². The zero-order valence-electron chi connectivity index (χ0n) is 13.6. The molecule has 1 aliphatic rings.